The summed E-state index contributed by atoms with van der Waals surface area (Å²) in [4.78, 5) is 11.5. The van der Waals surface area contributed by atoms with Gasteiger partial charge in [0.05, 0.1) is 5.60 Å². The maximum atomic E-state index is 10.1. The van der Waals surface area contributed by atoms with Crippen molar-refractivity contribution in [2.75, 3.05) is 23.4 Å². The van der Waals surface area contributed by atoms with Crippen molar-refractivity contribution >= 4 is 11.6 Å². The molecule has 0 aromatic carbocycles. The van der Waals surface area contributed by atoms with Crippen LogP contribution in [-0.4, -0.2) is 33.8 Å². The first-order chi connectivity index (χ1) is 9.50. The summed E-state index contributed by atoms with van der Waals surface area (Å²) in [5.74, 6) is 8.66. The number of nitrogens with two attached hydrogens (primary N) is 1. The second-order valence-electron chi connectivity index (χ2n) is 6.28. The minimum Gasteiger partial charge on any atom is -0.390 e. The lowest BCUT2D eigenvalue weighted by Gasteiger charge is -2.37. The summed E-state index contributed by atoms with van der Waals surface area (Å²) in [7, 11) is 0. The number of anilines is 2. The van der Waals surface area contributed by atoms with E-state index in [0.717, 1.165) is 43.1 Å². The van der Waals surface area contributed by atoms with Gasteiger partial charge in [-0.05, 0) is 39.5 Å². The number of aliphatic hydroxyl groups is 1. The molecule has 2 fully saturated rings. The average molecular weight is 277 g/mol. The minimum absolute atomic E-state index is 0.495. The molecule has 1 saturated heterocycles. The van der Waals surface area contributed by atoms with E-state index in [-0.39, 0.29) is 0 Å². The molecule has 6 nitrogen and oxygen atoms in total. The van der Waals surface area contributed by atoms with E-state index in [4.69, 9.17) is 10.8 Å². The van der Waals surface area contributed by atoms with Crippen LogP contribution < -0.4 is 16.2 Å². The molecule has 2 aliphatic rings. The summed E-state index contributed by atoms with van der Waals surface area (Å²) in [6.07, 6.45) is 3.86. The van der Waals surface area contributed by atoms with Crippen molar-refractivity contribution in [1.82, 2.24) is 9.97 Å². The van der Waals surface area contributed by atoms with Gasteiger partial charge in [0.15, 0.2) is 0 Å². The van der Waals surface area contributed by atoms with Gasteiger partial charge >= 0.3 is 0 Å². The van der Waals surface area contributed by atoms with Crippen molar-refractivity contribution in [3.63, 3.8) is 0 Å². The molecule has 1 aliphatic heterocycles. The highest BCUT2D eigenvalue weighted by Gasteiger charge is 2.32. The molecule has 1 aromatic heterocycles. The maximum absolute atomic E-state index is 10.1. The minimum atomic E-state index is -0.550. The number of nitrogens with zero attached hydrogens (tertiary/aromatic N) is 3. The third kappa shape index (κ3) is 2.58. The van der Waals surface area contributed by atoms with Crippen molar-refractivity contribution in [2.45, 2.75) is 51.0 Å². The fourth-order valence-electron chi connectivity index (χ4n) is 2.69. The number of hydrogen-bond donors (Lipinski definition) is 3. The van der Waals surface area contributed by atoms with Crippen LogP contribution in [0, 0.1) is 6.92 Å². The highest BCUT2D eigenvalue weighted by atomic mass is 16.3. The molecule has 20 heavy (non-hydrogen) atoms. The molecule has 2 heterocycles. The summed E-state index contributed by atoms with van der Waals surface area (Å²) >= 11 is 0. The number of aromatic nitrogens is 2. The number of rotatable bonds is 3. The van der Waals surface area contributed by atoms with Crippen LogP contribution in [0.4, 0.5) is 11.6 Å². The molecular weight excluding hydrogens is 254 g/mol. The average Bonchev–Trinajstić information content (AvgIpc) is 3.24. The van der Waals surface area contributed by atoms with E-state index in [1.54, 1.807) is 0 Å². The summed E-state index contributed by atoms with van der Waals surface area (Å²) < 4.78 is 0. The molecule has 1 aromatic rings. The van der Waals surface area contributed by atoms with Crippen molar-refractivity contribution in [1.29, 1.82) is 0 Å². The number of piperidine rings is 1. The van der Waals surface area contributed by atoms with Gasteiger partial charge in [-0.15, -0.1) is 0 Å². The molecule has 0 bridgehead atoms. The van der Waals surface area contributed by atoms with E-state index in [1.807, 2.05) is 13.8 Å². The van der Waals surface area contributed by atoms with Crippen LogP contribution in [0.1, 0.15) is 49.9 Å². The van der Waals surface area contributed by atoms with Gasteiger partial charge in [0.25, 0.3) is 0 Å². The van der Waals surface area contributed by atoms with Gasteiger partial charge in [0.1, 0.15) is 17.5 Å². The monoisotopic (exact) mass is 277 g/mol. The molecule has 0 radical (unpaired) electrons. The molecule has 110 valence electrons. The molecule has 6 heteroatoms. The summed E-state index contributed by atoms with van der Waals surface area (Å²) in [5, 5.41) is 10.1. The normalized spacial score (nSPS) is 21.9. The first-order valence-electron chi connectivity index (χ1n) is 7.33. The second-order valence-corrected chi connectivity index (χ2v) is 6.28. The van der Waals surface area contributed by atoms with Gasteiger partial charge in [-0.25, -0.2) is 15.8 Å². The summed E-state index contributed by atoms with van der Waals surface area (Å²) in [6.45, 7) is 5.53. The van der Waals surface area contributed by atoms with Gasteiger partial charge in [-0.1, -0.05) is 0 Å². The number of hydrazine groups is 1. The summed E-state index contributed by atoms with van der Waals surface area (Å²) in [6, 6.07) is 0. The van der Waals surface area contributed by atoms with Crippen LogP contribution in [0.15, 0.2) is 0 Å². The van der Waals surface area contributed by atoms with Gasteiger partial charge in [-0.3, -0.25) is 0 Å². The lowest BCUT2D eigenvalue weighted by molar-refractivity contribution is 0.0350. The number of hydrogen-bond acceptors (Lipinski definition) is 6. The Morgan fingerprint density at radius 3 is 2.50 bits per heavy atom. The van der Waals surface area contributed by atoms with Crippen molar-refractivity contribution in [3.05, 3.63) is 11.4 Å². The van der Waals surface area contributed by atoms with E-state index in [2.05, 4.69) is 15.3 Å². The standard InChI is InChI=1S/C14H23N5O/c1-9-11(18-15)16-12(10-3-4-10)17-13(9)19-7-5-14(2,20)6-8-19/h10,20H,3-8,15H2,1-2H3,(H,16,17,18). The Morgan fingerprint density at radius 1 is 1.30 bits per heavy atom. The van der Waals surface area contributed by atoms with Gasteiger partial charge in [-0.2, -0.15) is 0 Å². The second kappa shape index (κ2) is 4.86. The van der Waals surface area contributed by atoms with Crippen LogP contribution in [0.25, 0.3) is 0 Å². The Morgan fingerprint density at radius 2 is 1.95 bits per heavy atom. The Labute approximate surface area is 119 Å². The smallest absolute Gasteiger partial charge is 0.148 e. The van der Waals surface area contributed by atoms with Crippen LogP contribution >= 0.6 is 0 Å². The van der Waals surface area contributed by atoms with E-state index < -0.39 is 5.60 Å². The molecule has 1 saturated carbocycles. The molecule has 4 N–H and O–H groups in total. The molecule has 0 atom stereocenters. The van der Waals surface area contributed by atoms with Gasteiger partial charge < -0.3 is 15.4 Å². The van der Waals surface area contributed by atoms with Crippen molar-refractivity contribution in [2.24, 2.45) is 5.84 Å². The Bertz CT molecular complexity index is 503. The van der Waals surface area contributed by atoms with Gasteiger partial charge in [0, 0.05) is 24.6 Å². The zero-order valence-electron chi connectivity index (χ0n) is 12.2. The van der Waals surface area contributed by atoms with E-state index in [0.29, 0.717) is 11.7 Å². The largest absolute Gasteiger partial charge is 0.390 e. The molecule has 0 amide bonds. The third-order valence-electron chi connectivity index (χ3n) is 4.36. The molecular formula is C14H23N5O. The van der Waals surface area contributed by atoms with Crippen LogP contribution in [0.2, 0.25) is 0 Å². The van der Waals surface area contributed by atoms with Crippen molar-refractivity contribution in [3.8, 4) is 0 Å². The predicted octanol–water partition coefficient (Wildman–Crippen LogP) is 1.30. The molecule has 3 rings (SSSR count). The van der Waals surface area contributed by atoms with Crippen LogP contribution in [0.3, 0.4) is 0 Å². The van der Waals surface area contributed by atoms with Crippen LogP contribution in [0.5, 0.6) is 0 Å². The van der Waals surface area contributed by atoms with Crippen LogP contribution in [-0.2, 0) is 0 Å². The quantitative estimate of drug-likeness (QED) is 0.570. The highest BCUT2D eigenvalue weighted by Crippen LogP contribution is 2.40. The first-order valence-corrected chi connectivity index (χ1v) is 7.33. The Kier molecular flexibility index (Phi) is 3.30. The lowest BCUT2D eigenvalue weighted by Crippen LogP contribution is -2.43. The predicted molar refractivity (Wildman–Crippen MR) is 78.6 cm³/mol. The fraction of sp³-hybridized carbons (Fsp3) is 0.714. The Hall–Kier alpha value is -1.40. The molecule has 0 spiro atoms. The first kappa shape index (κ1) is 13.6. The maximum Gasteiger partial charge on any atom is 0.148 e. The van der Waals surface area contributed by atoms with E-state index >= 15 is 0 Å². The zero-order valence-corrected chi connectivity index (χ0v) is 12.2. The van der Waals surface area contributed by atoms with E-state index in [1.165, 1.54) is 12.8 Å². The van der Waals surface area contributed by atoms with Gasteiger partial charge in [0.2, 0.25) is 0 Å². The molecule has 1 aliphatic carbocycles. The fourth-order valence-corrected chi connectivity index (χ4v) is 2.69. The van der Waals surface area contributed by atoms with Crippen molar-refractivity contribution < 1.29 is 5.11 Å². The number of nitrogen functional groups attached to an aromatic ring is 1. The summed E-state index contributed by atoms with van der Waals surface area (Å²) in [5.41, 5.74) is 3.12. The highest BCUT2D eigenvalue weighted by molar-refractivity contribution is 5.58. The van der Waals surface area contributed by atoms with E-state index in [9.17, 15) is 5.11 Å². The number of nitrogens with one attached hydrogen (secondary N) is 1. The SMILES string of the molecule is Cc1c(NN)nc(C2CC2)nc1N1CCC(C)(O)CC1. The zero-order chi connectivity index (χ0) is 14.3. The Balaban J connectivity index is 1.90. The molecule has 0 unspecified atom stereocenters. The lowest BCUT2D eigenvalue weighted by atomic mass is 9.94. The topological polar surface area (TPSA) is 87.3 Å². The third-order valence-corrected chi connectivity index (χ3v) is 4.36.